The first-order valence-corrected chi connectivity index (χ1v) is 11.1. The van der Waals surface area contributed by atoms with Gasteiger partial charge in [-0.2, -0.15) is 0 Å². The maximum atomic E-state index is 11.3. The number of methoxy groups -OCH3 is 2. The maximum Gasteiger partial charge on any atom is 0.492 e. The van der Waals surface area contributed by atoms with E-state index in [0.29, 0.717) is 32.7 Å². The standard InChI is InChI=1S/C13H12ClO4P.C7H8BClO3/c1-18-13-6-5-10(14)8-12(13)9-3-2-4-11(7-9)19(15,16)17;1-12-7-3-2-5(9)4-6(7)8(10)11/h2-8H,1H3,(H2,15,16,17);2-4,10-11H,1H3. The van der Waals surface area contributed by atoms with Crippen molar-refractivity contribution < 1.29 is 33.9 Å². The molecule has 0 unspecified atom stereocenters. The van der Waals surface area contributed by atoms with E-state index in [1.807, 2.05) is 0 Å². The molecular formula is C20H20BCl2O7P. The zero-order valence-electron chi connectivity index (χ0n) is 16.6. The van der Waals surface area contributed by atoms with E-state index < -0.39 is 14.7 Å². The summed E-state index contributed by atoms with van der Waals surface area (Å²) in [7, 11) is -2.85. The van der Waals surface area contributed by atoms with Crippen molar-refractivity contribution in [1.82, 2.24) is 0 Å². The molecule has 0 amide bonds. The van der Waals surface area contributed by atoms with E-state index in [4.69, 9.17) is 42.7 Å². The predicted molar refractivity (Wildman–Crippen MR) is 123 cm³/mol. The molecule has 3 aromatic rings. The van der Waals surface area contributed by atoms with E-state index in [0.717, 1.165) is 0 Å². The molecule has 0 fully saturated rings. The summed E-state index contributed by atoms with van der Waals surface area (Å²) < 4.78 is 21.4. The highest BCUT2D eigenvalue weighted by Crippen LogP contribution is 2.37. The molecule has 0 aliphatic heterocycles. The van der Waals surface area contributed by atoms with Crippen LogP contribution in [0.5, 0.6) is 11.5 Å². The van der Waals surface area contributed by atoms with Gasteiger partial charge in [-0.15, -0.1) is 0 Å². The molecular weight excluding hydrogens is 465 g/mol. The summed E-state index contributed by atoms with van der Waals surface area (Å²) in [6, 6.07) is 15.9. The average molecular weight is 485 g/mol. The van der Waals surface area contributed by atoms with Crippen molar-refractivity contribution in [3.63, 3.8) is 0 Å². The number of hydrogen-bond acceptors (Lipinski definition) is 5. The van der Waals surface area contributed by atoms with Gasteiger partial charge in [0.2, 0.25) is 0 Å². The van der Waals surface area contributed by atoms with Crippen molar-refractivity contribution in [3.05, 3.63) is 70.7 Å². The third-order valence-electron chi connectivity index (χ3n) is 4.12. The summed E-state index contributed by atoms with van der Waals surface area (Å²) in [5.74, 6) is 1.00. The molecule has 4 N–H and O–H groups in total. The minimum absolute atomic E-state index is 0.0352. The van der Waals surface area contributed by atoms with Gasteiger partial charge < -0.3 is 29.3 Å². The van der Waals surface area contributed by atoms with Crippen LogP contribution in [0.2, 0.25) is 10.0 Å². The Morgan fingerprint density at radius 3 is 1.97 bits per heavy atom. The van der Waals surface area contributed by atoms with Crippen LogP contribution >= 0.6 is 30.8 Å². The normalized spacial score (nSPS) is 10.7. The van der Waals surface area contributed by atoms with Crippen molar-refractivity contribution in [1.29, 1.82) is 0 Å². The fourth-order valence-electron chi connectivity index (χ4n) is 2.67. The van der Waals surface area contributed by atoms with Gasteiger partial charge in [-0.05, 0) is 54.1 Å². The number of benzene rings is 3. The van der Waals surface area contributed by atoms with E-state index in [1.165, 1.54) is 32.4 Å². The number of halogens is 2. The van der Waals surface area contributed by atoms with Crippen LogP contribution in [0.1, 0.15) is 0 Å². The first-order chi connectivity index (χ1) is 14.6. The SMILES string of the molecule is COc1ccc(Cl)cc1-c1cccc(P(=O)(O)O)c1.COc1ccc(Cl)cc1B(O)O. The summed E-state index contributed by atoms with van der Waals surface area (Å²) in [5, 5.41) is 18.7. The van der Waals surface area contributed by atoms with E-state index in [1.54, 1.807) is 42.5 Å². The van der Waals surface area contributed by atoms with Gasteiger partial charge in [0.1, 0.15) is 11.5 Å². The van der Waals surface area contributed by atoms with Crippen LogP contribution in [0.25, 0.3) is 11.1 Å². The molecule has 0 aliphatic rings. The highest BCUT2D eigenvalue weighted by atomic mass is 35.5. The Balaban J connectivity index is 0.000000245. The van der Waals surface area contributed by atoms with Crippen LogP contribution in [0, 0.1) is 0 Å². The second-order valence-electron chi connectivity index (χ2n) is 6.20. The molecule has 0 aromatic heterocycles. The molecule has 0 radical (unpaired) electrons. The van der Waals surface area contributed by atoms with Crippen LogP contribution in [-0.4, -0.2) is 41.2 Å². The Hall–Kier alpha value is -2.03. The van der Waals surface area contributed by atoms with E-state index in [2.05, 4.69) is 0 Å². The Morgan fingerprint density at radius 2 is 1.42 bits per heavy atom. The van der Waals surface area contributed by atoms with Gasteiger partial charge in [-0.25, -0.2) is 0 Å². The van der Waals surface area contributed by atoms with Gasteiger partial charge >= 0.3 is 14.7 Å². The van der Waals surface area contributed by atoms with Crippen molar-refractivity contribution in [2.45, 2.75) is 0 Å². The van der Waals surface area contributed by atoms with Crippen LogP contribution in [0.4, 0.5) is 0 Å². The molecule has 0 bridgehead atoms. The van der Waals surface area contributed by atoms with Crippen LogP contribution in [0.3, 0.4) is 0 Å². The molecule has 164 valence electrons. The molecule has 0 saturated carbocycles. The van der Waals surface area contributed by atoms with E-state index in [9.17, 15) is 14.4 Å². The smallest absolute Gasteiger partial charge is 0.492 e. The molecule has 0 heterocycles. The summed E-state index contributed by atoms with van der Waals surface area (Å²) >= 11 is 11.6. The summed E-state index contributed by atoms with van der Waals surface area (Å²) in [5.41, 5.74) is 1.59. The Kier molecular flexibility index (Phi) is 8.97. The van der Waals surface area contributed by atoms with Gasteiger partial charge in [0, 0.05) is 21.1 Å². The lowest BCUT2D eigenvalue weighted by atomic mass is 9.79. The van der Waals surface area contributed by atoms with Crippen molar-refractivity contribution in [2.75, 3.05) is 14.2 Å². The summed E-state index contributed by atoms with van der Waals surface area (Å²) in [6.07, 6.45) is 0. The second kappa shape index (κ2) is 11.0. The zero-order chi connectivity index (χ0) is 23.2. The third kappa shape index (κ3) is 6.99. The molecule has 7 nitrogen and oxygen atoms in total. The Morgan fingerprint density at radius 1 is 0.839 bits per heavy atom. The molecule has 0 saturated heterocycles. The third-order valence-corrected chi connectivity index (χ3v) is 5.55. The Bertz CT molecular complexity index is 1090. The minimum Gasteiger partial charge on any atom is -0.497 e. The van der Waals surface area contributed by atoms with Gasteiger partial charge in [-0.3, -0.25) is 4.57 Å². The van der Waals surface area contributed by atoms with Gasteiger partial charge in [0.15, 0.2) is 0 Å². The minimum atomic E-state index is -4.27. The quantitative estimate of drug-likeness (QED) is 0.325. The van der Waals surface area contributed by atoms with Crippen LogP contribution in [0.15, 0.2) is 60.7 Å². The highest BCUT2D eigenvalue weighted by molar-refractivity contribution is 7.60. The zero-order valence-corrected chi connectivity index (χ0v) is 19.0. The number of ether oxygens (including phenoxy) is 2. The Labute approximate surface area is 190 Å². The monoisotopic (exact) mass is 484 g/mol. The summed E-state index contributed by atoms with van der Waals surface area (Å²) in [6.45, 7) is 0. The fourth-order valence-corrected chi connectivity index (χ4v) is 3.61. The highest BCUT2D eigenvalue weighted by Gasteiger charge is 2.18. The number of rotatable bonds is 5. The lowest BCUT2D eigenvalue weighted by Crippen LogP contribution is -2.31. The first kappa shape index (κ1) is 25.2. The van der Waals surface area contributed by atoms with Gasteiger partial charge in [0.05, 0.1) is 19.5 Å². The van der Waals surface area contributed by atoms with E-state index >= 15 is 0 Å². The van der Waals surface area contributed by atoms with Crippen molar-refractivity contribution >= 4 is 48.7 Å². The molecule has 31 heavy (non-hydrogen) atoms. The molecule has 3 aromatic carbocycles. The lowest BCUT2D eigenvalue weighted by molar-refractivity contribution is 0.387. The van der Waals surface area contributed by atoms with Gasteiger partial charge in [0.25, 0.3) is 0 Å². The fraction of sp³-hybridized carbons (Fsp3) is 0.100. The molecule has 0 spiro atoms. The van der Waals surface area contributed by atoms with Gasteiger partial charge in [-0.1, -0.05) is 35.3 Å². The first-order valence-electron chi connectivity index (χ1n) is 8.76. The average Bonchev–Trinajstić information content (AvgIpc) is 2.73. The maximum absolute atomic E-state index is 11.3. The second-order valence-corrected chi connectivity index (χ2v) is 8.68. The lowest BCUT2D eigenvalue weighted by Gasteiger charge is -2.11. The predicted octanol–water partition coefficient (Wildman–Crippen LogP) is 2.85. The topological polar surface area (TPSA) is 116 Å². The van der Waals surface area contributed by atoms with Crippen molar-refractivity contribution in [2.24, 2.45) is 0 Å². The summed E-state index contributed by atoms with van der Waals surface area (Å²) in [4.78, 5) is 18.4. The number of hydrogen-bond donors (Lipinski definition) is 4. The van der Waals surface area contributed by atoms with Crippen LogP contribution < -0.4 is 20.2 Å². The largest absolute Gasteiger partial charge is 0.497 e. The van der Waals surface area contributed by atoms with Crippen molar-refractivity contribution in [3.8, 4) is 22.6 Å². The molecule has 11 heteroatoms. The molecule has 0 atom stereocenters. The molecule has 0 aliphatic carbocycles. The van der Waals surface area contributed by atoms with Crippen LogP contribution in [-0.2, 0) is 4.57 Å². The molecule has 3 rings (SSSR count). The van der Waals surface area contributed by atoms with E-state index in [-0.39, 0.29) is 10.8 Å².